The third kappa shape index (κ3) is 3.92. The zero-order chi connectivity index (χ0) is 21.6. The van der Waals surface area contributed by atoms with Gasteiger partial charge < -0.3 is 15.1 Å². The molecule has 1 aromatic rings. The molecule has 1 aliphatic heterocycles. The first kappa shape index (κ1) is 20.7. The largest absolute Gasteiger partial charge is 0.344 e. The van der Waals surface area contributed by atoms with Gasteiger partial charge >= 0.3 is 0 Å². The highest BCUT2D eigenvalue weighted by molar-refractivity contribution is 5.90. The standard InChI is InChI=1S/C24H35N5O2/c1-16(2)20(21(30)28-6-8-29(9-7-28)23-25-4-3-5-26-23)27-22(31)24-13-17-10-18(14-24)12-19(11-17)15-24/h3-5,16-20H,6-15H2,1-2H3,(H,27,31)/t17?,18?,19?,20-,24?/m0/s1. The van der Waals surface area contributed by atoms with E-state index < -0.39 is 6.04 Å². The average molecular weight is 426 g/mol. The molecule has 4 aliphatic carbocycles. The maximum Gasteiger partial charge on any atom is 0.245 e. The summed E-state index contributed by atoms with van der Waals surface area (Å²) in [5.74, 6) is 3.15. The normalized spacial score (nSPS) is 32.9. The smallest absolute Gasteiger partial charge is 0.245 e. The highest BCUT2D eigenvalue weighted by atomic mass is 16.2. The summed E-state index contributed by atoms with van der Waals surface area (Å²) in [6.07, 6.45) is 10.5. The number of anilines is 1. The molecule has 7 nitrogen and oxygen atoms in total. The number of amides is 2. The number of nitrogens with one attached hydrogen (secondary N) is 1. The van der Waals surface area contributed by atoms with Gasteiger partial charge in [-0.15, -0.1) is 0 Å². The van der Waals surface area contributed by atoms with Gasteiger partial charge in [0.05, 0.1) is 0 Å². The van der Waals surface area contributed by atoms with E-state index in [0.717, 1.165) is 37.0 Å². The van der Waals surface area contributed by atoms with Gasteiger partial charge in [-0.25, -0.2) is 9.97 Å². The number of hydrogen-bond donors (Lipinski definition) is 1. The molecule has 1 atom stereocenters. The average Bonchev–Trinajstić information content (AvgIpc) is 2.76. The fourth-order valence-electron chi connectivity index (χ4n) is 6.97. The molecule has 5 aliphatic rings. The van der Waals surface area contributed by atoms with E-state index in [0.29, 0.717) is 32.1 Å². The Morgan fingerprint density at radius 3 is 2.03 bits per heavy atom. The minimum absolute atomic E-state index is 0.0571. The van der Waals surface area contributed by atoms with Gasteiger partial charge in [0.1, 0.15) is 6.04 Å². The van der Waals surface area contributed by atoms with Crippen molar-refractivity contribution in [2.45, 2.75) is 58.4 Å². The van der Waals surface area contributed by atoms with Gasteiger partial charge in [-0.2, -0.15) is 0 Å². The van der Waals surface area contributed by atoms with E-state index in [1.807, 2.05) is 24.8 Å². The van der Waals surface area contributed by atoms with Crippen LogP contribution in [0.2, 0.25) is 0 Å². The third-order valence-corrected chi connectivity index (χ3v) is 8.17. The second-order valence-electron chi connectivity index (χ2n) is 10.8. The van der Waals surface area contributed by atoms with Gasteiger partial charge in [0.15, 0.2) is 0 Å². The van der Waals surface area contributed by atoms with Crippen LogP contribution >= 0.6 is 0 Å². The maximum atomic E-state index is 13.5. The Hall–Kier alpha value is -2.18. The summed E-state index contributed by atoms with van der Waals surface area (Å²) >= 11 is 0. The second kappa shape index (κ2) is 8.06. The predicted molar refractivity (Wildman–Crippen MR) is 118 cm³/mol. The van der Waals surface area contributed by atoms with Crippen molar-refractivity contribution in [2.24, 2.45) is 29.1 Å². The van der Waals surface area contributed by atoms with Crippen molar-refractivity contribution in [3.63, 3.8) is 0 Å². The zero-order valence-electron chi connectivity index (χ0n) is 18.8. The summed E-state index contributed by atoms with van der Waals surface area (Å²) in [4.78, 5) is 39.6. The molecular weight excluding hydrogens is 390 g/mol. The Balaban J connectivity index is 1.23. The van der Waals surface area contributed by atoms with Crippen molar-refractivity contribution in [2.75, 3.05) is 31.1 Å². The highest BCUT2D eigenvalue weighted by Crippen LogP contribution is 2.60. The number of piperazine rings is 1. The summed E-state index contributed by atoms with van der Waals surface area (Å²) in [5, 5.41) is 3.25. The number of carbonyl (C=O) groups excluding carboxylic acids is 2. The third-order valence-electron chi connectivity index (χ3n) is 8.17. The first-order chi connectivity index (χ1) is 14.9. The predicted octanol–water partition coefficient (Wildman–Crippen LogP) is 2.48. The summed E-state index contributed by atoms with van der Waals surface area (Å²) in [7, 11) is 0. The topological polar surface area (TPSA) is 78.4 Å². The molecule has 31 heavy (non-hydrogen) atoms. The molecule has 1 saturated heterocycles. The maximum absolute atomic E-state index is 13.5. The SMILES string of the molecule is CC(C)[C@H](NC(=O)C12CC3CC(CC(C3)C1)C2)C(=O)N1CCN(c2ncccn2)CC1. The number of nitrogens with zero attached hydrogens (tertiary/aromatic N) is 4. The molecule has 0 spiro atoms. The first-order valence-electron chi connectivity index (χ1n) is 12.1. The summed E-state index contributed by atoms with van der Waals surface area (Å²) in [6, 6.07) is 1.36. The molecule has 5 fully saturated rings. The van der Waals surface area contributed by atoms with Crippen LogP contribution in [0.3, 0.4) is 0 Å². The van der Waals surface area contributed by atoms with Crippen molar-refractivity contribution < 1.29 is 9.59 Å². The summed E-state index contributed by atoms with van der Waals surface area (Å²) in [5.41, 5.74) is -0.217. The van der Waals surface area contributed by atoms with Gasteiger partial charge in [-0.3, -0.25) is 9.59 Å². The van der Waals surface area contributed by atoms with Crippen molar-refractivity contribution in [3.05, 3.63) is 18.5 Å². The van der Waals surface area contributed by atoms with Gasteiger partial charge in [0, 0.05) is 44.0 Å². The van der Waals surface area contributed by atoms with Crippen LogP contribution in [0.15, 0.2) is 18.5 Å². The highest BCUT2D eigenvalue weighted by Gasteiger charge is 2.55. The first-order valence-corrected chi connectivity index (χ1v) is 12.1. The minimum Gasteiger partial charge on any atom is -0.344 e. The van der Waals surface area contributed by atoms with E-state index in [1.165, 1.54) is 19.3 Å². The van der Waals surface area contributed by atoms with E-state index in [1.54, 1.807) is 12.4 Å². The fraction of sp³-hybridized carbons (Fsp3) is 0.750. The lowest BCUT2D eigenvalue weighted by Crippen LogP contribution is -2.60. The Morgan fingerprint density at radius 2 is 1.52 bits per heavy atom. The minimum atomic E-state index is -0.444. The van der Waals surface area contributed by atoms with Crippen LogP contribution in [0, 0.1) is 29.1 Å². The molecule has 0 aromatic carbocycles. The van der Waals surface area contributed by atoms with E-state index in [-0.39, 0.29) is 23.1 Å². The molecule has 2 amide bonds. The van der Waals surface area contributed by atoms with E-state index >= 15 is 0 Å². The second-order valence-corrected chi connectivity index (χ2v) is 10.8. The van der Waals surface area contributed by atoms with Gasteiger partial charge in [0.25, 0.3) is 0 Å². The van der Waals surface area contributed by atoms with Crippen LogP contribution in [0.5, 0.6) is 0 Å². The molecule has 2 heterocycles. The molecule has 6 rings (SSSR count). The van der Waals surface area contributed by atoms with Crippen molar-refractivity contribution in [3.8, 4) is 0 Å². The van der Waals surface area contributed by atoms with Crippen LogP contribution in [0.1, 0.15) is 52.4 Å². The molecule has 1 N–H and O–H groups in total. The lowest BCUT2D eigenvalue weighted by Gasteiger charge is -2.56. The van der Waals surface area contributed by atoms with Gasteiger partial charge in [0.2, 0.25) is 17.8 Å². The molecule has 4 bridgehead atoms. The molecule has 0 radical (unpaired) electrons. The monoisotopic (exact) mass is 425 g/mol. The van der Waals surface area contributed by atoms with Crippen molar-refractivity contribution in [1.82, 2.24) is 20.2 Å². The van der Waals surface area contributed by atoms with E-state index in [4.69, 9.17) is 0 Å². The number of rotatable bonds is 5. The Bertz CT molecular complexity index is 783. The Morgan fingerprint density at radius 1 is 0.968 bits per heavy atom. The van der Waals surface area contributed by atoms with E-state index in [2.05, 4.69) is 20.2 Å². The number of hydrogen-bond acceptors (Lipinski definition) is 5. The van der Waals surface area contributed by atoms with Crippen LogP contribution < -0.4 is 10.2 Å². The summed E-state index contributed by atoms with van der Waals surface area (Å²) < 4.78 is 0. The number of aromatic nitrogens is 2. The molecule has 1 aromatic heterocycles. The molecule has 4 saturated carbocycles. The van der Waals surface area contributed by atoms with Crippen LogP contribution in [-0.2, 0) is 9.59 Å². The molecular formula is C24H35N5O2. The van der Waals surface area contributed by atoms with Crippen molar-refractivity contribution in [1.29, 1.82) is 0 Å². The number of carbonyl (C=O) groups is 2. The lowest BCUT2D eigenvalue weighted by atomic mass is 9.49. The lowest BCUT2D eigenvalue weighted by molar-refractivity contribution is -0.150. The molecule has 168 valence electrons. The van der Waals surface area contributed by atoms with Crippen molar-refractivity contribution >= 4 is 17.8 Å². The molecule has 0 unspecified atom stereocenters. The van der Waals surface area contributed by atoms with E-state index in [9.17, 15) is 9.59 Å². The van der Waals surface area contributed by atoms with Crippen LogP contribution in [0.4, 0.5) is 5.95 Å². The Labute approximate surface area is 185 Å². The zero-order valence-corrected chi connectivity index (χ0v) is 18.8. The van der Waals surface area contributed by atoms with Crippen LogP contribution in [-0.4, -0.2) is 58.9 Å². The fourth-order valence-corrected chi connectivity index (χ4v) is 6.97. The van der Waals surface area contributed by atoms with Crippen LogP contribution in [0.25, 0.3) is 0 Å². The quantitative estimate of drug-likeness (QED) is 0.784. The van der Waals surface area contributed by atoms with Gasteiger partial charge in [-0.05, 0) is 68.3 Å². The summed E-state index contributed by atoms with van der Waals surface area (Å²) in [6.45, 7) is 6.77. The van der Waals surface area contributed by atoms with Gasteiger partial charge in [-0.1, -0.05) is 13.8 Å². The molecule has 7 heteroatoms. The Kier molecular flexibility index (Phi) is 5.39.